The minimum atomic E-state index is -4.52. The number of aliphatic hydroxyl groups is 2. The van der Waals surface area contributed by atoms with Crippen LogP contribution in [0.1, 0.15) is 35.4 Å². The molecule has 28 heavy (non-hydrogen) atoms. The summed E-state index contributed by atoms with van der Waals surface area (Å²) in [5.74, 6) is -0.286. The first-order valence-corrected chi connectivity index (χ1v) is 11.0. The Balaban J connectivity index is 1.92. The highest BCUT2D eigenvalue weighted by molar-refractivity contribution is 7.60. The fourth-order valence-electron chi connectivity index (χ4n) is 4.27. The average Bonchev–Trinajstić information content (AvgIpc) is 2.74. The third-order valence-electron chi connectivity index (χ3n) is 5.81. The summed E-state index contributed by atoms with van der Waals surface area (Å²) in [5.41, 5.74) is 1.61. The van der Waals surface area contributed by atoms with Gasteiger partial charge in [0.05, 0.1) is 0 Å². The first kappa shape index (κ1) is 19.1. The molecule has 0 amide bonds. The zero-order valence-corrected chi connectivity index (χ0v) is 16.2. The molecule has 1 aliphatic heterocycles. The quantitative estimate of drug-likeness (QED) is 0.571. The van der Waals surface area contributed by atoms with Gasteiger partial charge in [-0.25, -0.2) is 0 Å². The molecule has 1 heterocycles. The topological polar surface area (TPSA) is 77.8 Å². The van der Waals surface area contributed by atoms with Crippen LogP contribution in [0.15, 0.2) is 91.0 Å². The van der Waals surface area contributed by atoms with E-state index in [1.165, 1.54) is 0 Å². The molecule has 4 nitrogen and oxygen atoms in total. The van der Waals surface area contributed by atoms with Crippen LogP contribution >= 0.6 is 7.37 Å². The van der Waals surface area contributed by atoms with Gasteiger partial charge in [-0.2, -0.15) is 0 Å². The maximum Gasteiger partial charge on any atom is 0.270 e. The zero-order valence-electron chi connectivity index (χ0n) is 15.3. The lowest BCUT2D eigenvalue weighted by atomic mass is 9.83. The Morgan fingerprint density at radius 1 is 0.679 bits per heavy atom. The van der Waals surface area contributed by atoms with Crippen molar-refractivity contribution < 1.29 is 19.7 Å². The molecular formula is C23H23O4P. The Kier molecular flexibility index (Phi) is 4.76. The summed E-state index contributed by atoms with van der Waals surface area (Å²) < 4.78 is 13.8. The van der Waals surface area contributed by atoms with Gasteiger partial charge in [-0.1, -0.05) is 91.0 Å². The summed E-state index contributed by atoms with van der Waals surface area (Å²) in [6, 6.07) is 26.6. The van der Waals surface area contributed by atoms with Crippen LogP contribution in [0.3, 0.4) is 0 Å². The van der Waals surface area contributed by atoms with E-state index in [-0.39, 0.29) is 18.8 Å². The lowest BCUT2D eigenvalue weighted by Gasteiger charge is -2.49. The van der Waals surface area contributed by atoms with E-state index in [1.54, 1.807) is 60.7 Å². The molecule has 0 saturated carbocycles. The molecule has 1 saturated heterocycles. The Morgan fingerprint density at radius 3 is 1.43 bits per heavy atom. The molecule has 1 fully saturated rings. The van der Waals surface area contributed by atoms with Crippen molar-refractivity contribution in [2.75, 3.05) is 0 Å². The van der Waals surface area contributed by atoms with Crippen molar-refractivity contribution in [2.45, 2.75) is 29.4 Å². The molecule has 0 radical (unpaired) electrons. The SMILES string of the molecule is O=P1(O)C(O)(c2ccccc2)CC(c2ccccc2)CC1(O)c1ccccc1. The molecule has 144 valence electrons. The van der Waals surface area contributed by atoms with Gasteiger partial charge in [-0.05, 0) is 35.4 Å². The van der Waals surface area contributed by atoms with Gasteiger partial charge >= 0.3 is 0 Å². The van der Waals surface area contributed by atoms with E-state index in [0.717, 1.165) is 5.56 Å². The van der Waals surface area contributed by atoms with Crippen molar-refractivity contribution >= 4 is 7.37 Å². The largest absolute Gasteiger partial charge is 0.375 e. The van der Waals surface area contributed by atoms with Crippen LogP contribution in [0.25, 0.3) is 0 Å². The summed E-state index contributed by atoms with van der Waals surface area (Å²) in [5, 5.41) is 19.1. The highest BCUT2D eigenvalue weighted by Crippen LogP contribution is 2.77. The Labute approximate surface area is 164 Å². The molecule has 2 unspecified atom stereocenters. The van der Waals surface area contributed by atoms with Gasteiger partial charge in [0.1, 0.15) is 0 Å². The van der Waals surface area contributed by atoms with Gasteiger partial charge in [0.25, 0.3) is 7.37 Å². The van der Waals surface area contributed by atoms with Crippen molar-refractivity contribution in [3.8, 4) is 0 Å². The fraction of sp³-hybridized carbons (Fsp3) is 0.217. The van der Waals surface area contributed by atoms with Crippen LogP contribution in [0.2, 0.25) is 0 Å². The fourth-order valence-corrected chi connectivity index (χ4v) is 6.82. The molecule has 3 aromatic rings. The normalized spacial score (nSPS) is 32.8. The van der Waals surface area contributed by atoms with E-state index in [1.807, 2.05) is 30.3 Å². The first-order chi connectivity index (χ1) is 13.4. The summed E-state index contributed by atoms with van der Waals surface area (Å²) in [6.07, 6.45) is 0.119. The second kappa shape index (κ2) is 6.98. The van der Waals surface area contributed by atoms with E-state index >= 15 is 0 Å². The Hall–Kier alpha value is -2.23. The van der Waals surface area contributed by atoms with Crippen LogP contribution in [-0.4, -0.2) is 15.1 Å². The van der Waals surface area contributed by atoms with Crippen molar-refractivity contribution in [1.82, 2.24) is 0 Å². The second-order valence-electron chi connectivity index (χ2n) is 7.46. The van der Waals surface area contributed by atoms with E-state index in [0.29, 0.717) is 11.1 Å². The van der Waals surface area contributed by atoms with Crippen LogP contribution in [0.4, 0.5) is 0 Å². The monoisotopic (exact) mass is 394 g/mol. The predicted octanol–water partition coefficient (Wildman–Crippen LogP) is 4.53. The van der Waals surface area contributed by atoms with Crippen molar-refractivity contribution in [3.63, 3.8) is 0 Å². The molecule has 4 rings (SSSR count). The summed E-state index contributed by atoms with van der Waals surface area (Å²) in [6.45, 7) is 0. The van der Waals surface area contributed by atoms with Crippen LogP contribution in [0, 0.1) is 0 Å². The molecule has 3 aromatic carbocycles. The molecule has 2 atom stereocenters. The standard InChI is InChI=1S/C23H23O4P/c24-22(20-12-6-2-7-13-20)16-19(18-10-4-1-5-11-18)17-23(25,28(22,26)27)21-14-8-3-9-15-21/h1-15,19,24-25H,16-17H2,(H,26,27). The molecule has 5 heteroatoms. The van der Waals surface area contributed by atoms with Crippen LogP contribution in [0.5, 0.6) is 0 Å². The highest BCUT2D eigenvalue weighted by Gasteiger charge is 2.65. The van der Waals surface area contributed by atoms with Crippen LogP contribution in [-0.2, 0) is 15.2 Å². The molecule has 0 bridgehead atoms. The first-order valence-electron chi connectivity index (χ1n) is 9.32. The van der Waals surface area contributed by atoms with Crippen molar-refractivity contribution in [1.29, 1.82) is 0 Å². The van der Waals surface area contributed by atoms with Gasteiger partial charge in [-0.3, -0.25) is 4.57 Å². The van der Waals surface area contributed by atoms with Crippen molar-refractivity contribution in [2.24, 2.45) is 0 Å². The Morgan fingerprint density at radius 2 is 1.04 bits per heavy atom. The van der Waals surface area contributed by atoms with Gasteiger partial charge in [0.2, 0.25) is 0 Å². The van der Waals surface area contributed by atoms with Gasteiger partial charge in [-0.15, -0.1) is 0 Å². The van der Waals surface area contributed by atoms with Crippen LogP contribution < -0.4 is 0 Å². The number of hydrogen-bond acceptors (Lipinski definition) is 3. The Bertz CT molecular complexity index is 933. The van der Waals surface area contributed by atoms with E-state index in [9.17, 15) is 19.7 Å². The minimum absolute atomic E-state index is 0.0595. The highest BCUT2D eigenvalue weighted by atomic mass is 31.2. The molecule has 0 spiro atoms. The second-order valence-corrected chi connectivity index (χ2v) is 10.1. The zero-order chi connectivity index (χ0) is 19.8. The molecule has 0 aliphatic carbocycles. The smallest absolute Gasteiger partial charge is 0.270 e. The maximum absolute atomic E-state index is 13.8. The third-order valence-corrected chi connectivity index (χ3v) is 8.70. The third kappa shape index (κ3) is 2.85. The molecule has 0 aromatic heterocycles. The van der Waals surface area contributed by atoms with E-state index in [2.05, 4.69) is 0 Å². The lowest BCUT2D eigenvalue weighted by molar-refractivity contribution is 0.00611. The number of benzene rings is 3. The molecular weight excluding hydrogens is 371 g/mol. The van der Waals surface area contributed by atoms with Gasteiger partial charge in [0.15, 0.2) is 10.7 Å². The summed E-state index contributed by atoms with van der Waals surface area (Å²) in [7, 11) is -4.52. The molecule has 1 aliphatic rings. The van der Waals surface area contributed by atoms with Crippen molar-refractivity contribution in [3.05, 3.63) is 108 Å². The van der Waals surface area contributed by atoms with E-state index in [4.69, 9.17) is 0 Å². The average molecular weight is 394 g/mol. The van der Waals surface area contributed by atoms with E-state index < -0.39 is 18.1 Å². The predicted molar refractivity (Wildman–Crippen MR) is 109 cm³/mol. The summed E-state index contributed by atoms with van der Waals surface area (Å²) >= 11 is 0. The lowest BCUT2D eigenvalue weighted by Crippen LogP contribution is -2.44. The maximum atomic E-state index is 13.8. The minimum Gasteiger partial charge on any atom is -0.375 e. The van der Waals surface area contributed by atoms with Gasteiger partial charge in [0, 0.05) is 0 Å². The van der Waals surface area contributed by atoms with Gasteiger partial charge < -0.3 is 15.1 Å². The summed E-state index contributed by atoms with van der Waals surface area (Å²) in [4.78, 5) is 11.2. The molecule has 3 N–H and O–H groups in total. The number of hydrogen-bond donors (Lipinski definition) is 3. The number of rotatable bonds is 3.